The topological polar surface area (TPSA) is 169 Å². The van der Waals surface area contributed by atoms with Crippen LogP contribution in [-0.4, -0.2) is 100 Å². The van der Waals surface area contributed by atoms with E-state index in [9.17, 15) is 14.4 Å². The van der Waals surface area contributed by atoms with Crippen LogP contribution in [0.15, 0.2) is 83.6 Å². The van der Waals surface area contributed by atoms with Gasteiger partial charge in [0.25, 0.3) is 0 Å². The number of aromatic nitrogens is 5. The van der Waals surface area contributed by atoms with Crippen LogP contribution in [0.1, 0.15) is 87.1 Å². The molecule has 3 aromatic heterocycles. The maximum Gasteiger partial charge on any atom is 0.328 e. The minimum Gasteiger partial charge on any atom is -0.372 e. The van der Waals surface area contributed by atoms with Crippen molar-refractivity contribution in [2.45, 2.75) is 71.8 Å². The number of H-pyrrole nitrogens is 1. The zero-order valence-electron chi connectivity index (χ0n) is 37.4. The molecular weight excluding hydrogens is 807 g/mol. The first-order valence-corrected chi connectivity index (χ1v) is 22.5. The Bertz CT molecular complexity index is 2640. The van der Waals surface area contributed by atoms with Crippen molar-refractivity contribution >= 4 is 45.9 Å². The van der Waals surface area contributed by atoms with Gasteiger partial charge in [0.15, 0.2) is 5.82 Å². The standard InChI is InChI=1S/C49H57N11O4/c1-31-27-35(9-16-39(31)32(2)52-45(62)46-55-47(56-64-46)49(3,4)5)43-40-28-41(53-44(40)51-30-50-43)34-7-10-36(11-8-34)58-21-6-20-57(25-26-58)29-33-17-22-59(23-18-33)37-12-14-38(15-13-37)60-24-19-42(61)54-48(60)63/h7-16,27-28,30,32-33H,6,17-26,29H2,1-5H3,(H,52,62)(H,50,51,53)(H,54,61,63). The van der Waals surface area contributed by atoms with Crippen LogP contribution in [0.5, 0.6) is 0 Å². The van der Waals surface area contributed by atoms with Gasteiger partial charge < -0.3 is 29.5 Å². The summed E-state index contributed by atoms with van der Waals surface area (Å²) in [5, 5.41) is 10.3. The fraction of sp³-hybridized carbons (Fsp3) is 0.408. The summed E-state index contributed by atoms with van der Waals surface area (Å²) < 4.78 is 5.26. The average Bonchev–Trinajstić information content (AvgIpc) is 3.91. The fourth-order valence-electron chi connectivity index (χ4n) is 9.25. The summed E-state index contributed by atoms with van der Waals surface area (Å²) in [4.78, 5) is 63.2. The van der Waals surface area contributed by atoms with Crippen LogP contribution in [0.3, 0.4) is 0 Å². The first-order chi connectivity index (χ1) is 30.9. The van der Waals surface area contributed by atoms with Crippen LogP contribution < -0.4 is 25.3 Å². The van der Waals surface area contributed by atoms with Crippen LogP contribution in [0.2, 0.25) is 0 Å². The van der Waals surface area contributed by atoms with E-state index in [-0.39, 0.29) is 29.3 Å². The SMILES string of the molecule is Cc1cc(-c2ncnc3[nH]c(-c4ccc(N5CCCN(CC6CCN(c7ccc(N8CCC(=O)NC8=O)cc7)CC6)CC5)cc4)cc23)ccc1C(C)NC(=O)c1nc(C(C)(C)C)no1. The molecule has 3 fully saturated rings. The molecule has 15 nitrogen and oxygen atoms in total. The third-order valence-corrected chi connectivity index (χ3v) is 12.9. The Labute approximate surface area is 373 Å². The van der Waals surface area contributed by atoms with E-state index in [2.05, 4.69) is 94.0 Å². The van der Waals surface area contributed by atoms with Crippen LogP contribution in [-0.2, 0) is 10.2 Å². The highest BCUT2D eigenvalue weighted by molar-refractivity contribution is 6.05. The number of carbonyl (C=O) groups excluding carboxylic acids is 3. The van der Waals surface area contributed by atoms with Crippen LogP contribution in [0.25, 0.3) is 33.5 Å². The Kier molecular flexibility index (Phi) is 11.9. The molecule has 64 heavy (non-hydrogen) atoms. The van der Waals surface area contributed by atoms with Crippen molar-refractivity contribution in [2.24, 2.45) is 5.92 Å². The third kappa shape index (κ3) is 9.21. The molecule has 15 heteroatoms. The van der Waals surface area contributed by atoms with Gasteiger partial charge in [0, 0.05) is 91.4 Å². The third-order valence-electron chi connectivity index (χ3n) is 12.9. The van der Waals surface area contributed by atoms with Gasteiger partial charge in [-0.3, -0.25) is 19.8 Å². The van der Waals surface area contributed by atoms with Crippen LogP contribution in [0.4, 0.5) is 21.9 Å². The number of nitrogens with zero attached hydrogens (tertiary/aromatic N) is 8. The molecule has 6 heterocycles. The molecular formula is C49H57N11O4. The fourth-order valence-corrected chi connectivity index (χ4v) is 9.25. The Morgan fingerprint density at radius 2 is 1.55 bits per heavy atom. The van der Waals surface area contributed by atoms with E-state index < -0.39 is 5.91 Å². The Hall–Kier alpha value is -6.61. The normalized spacial score (nSPS) is 17.4. The summed E-state index contributed by atoms with van der Waals surface area (Å²) in [6.07, 6.45) is 5.38. The van der Waals surface area contributed by atoms with Gasteiger partial charge in [0.1, 0.15) is 12.0 Å². The number of anilines is 3. The molecule has 4 amide bonds. The summed E-state index contributed by atoms with van der Waals surface area (Å²) in [6, 6.07) is 24.7. The number of aromatic amines is 1. The van der Waals surface area contributed by atoms with Gasteiger partial charge >= 0.3 is 17.8 Å². The number of aryl methyl sites for hydroxylation is 1. The Morgan fingerprint density at radius 1 is 0.844 bits per heavy atom. The van der Waals surface area contributed by atoms with Gasteiger partial charge in [0.05, 0.1) is 11.7 Å². The van der Waals surface area contributed by atoms with Gasteiger partial charge in [-0.2, -0.15) is 4.98 Å². The predicted molar refractivity (Wildman–Crippen MR) is 249 cm³/mol. The summed E-state index contributed by atoms with van der Waals surface area (Å²) in [7, 11) is 0. The molecule has 3 N–H and O–H groups in total. The highest BCUT2D eigenvalue weighted by atomic mass is 16.5. The number of hydrogen-bond acceptors (Lipinski definition) is 11. The molecule has 1 atom stereocenters. The molecule has 3 aliphatic heterocycles. The molecule has 332 valence electrons. The average molecular weight is 864 g/mol. The van der Waals surface area contributed by atoms with Gasteiger partial charge in [-0.15, -0.1) is 0 Å². The largest absolute Gasteiger partial charge is 0.372 e. The molecule has 9 rings (SSSR count). The molecule has 3 aromatic carbocycles. The van der Waals surface area contributed by atoms with Crippen molar-refractivity contribution in [3.8, 4) is 22.5 Å². The number of carbonyl (C=O) groups is 3. The van der Waals surface area contributed by atoms with E-state index in [1.807, 2.05) is 58.9 Å². The lowest BCUT2D eigenvalue weighted by molar-refractivity contribution is -0.120. The first-order valence-electron chi connectivity index (χ1n) is 22.5. The molecule has 0 aliphatic carbocycles. The van der Waals surface area contributed by atoms with Gasteiger partial charge in [-0.25, -0.2) is 14.8 Å². The van der Waals surface area contributed by atoms with Crippen molar-refractivity contribution in [1.29, 1.82) is 0 Å². The maximum absolute atomic E-state index is 13.0. The molecule has 3 saturated heterocycles. The van der Waals surface area contributed by atoms with Crippen molar-refractivity contribution < 1.29 is 18.9 Å². The van der Waals surface area contributed by atoms with Crippen molar-refractivity contribution in [2.75, 3.05) is 67.1 Å². The van der Waals surface area contributed by atoms with E-state index in [0.29, 0.717) is 24.7 Å². The number of fused-ring (bicyclic) bond motifs is 1. The second-order valence-corrected chi connectivity index (χ2v) is 18.5. The molecule has 0 radical (unpaired) electrons. The second-order valence-electron chi connectivity index (χ2n) is 18.5. The summed E-state index contributed by atoms with van der Waals surface area (Å²) >= 11 is 0. The number of imide groups is 1. The van der Waals surface area contributed by atoms with Crippen LogP contribution >= 0.6 is 0 Å². The van der Waals surface area contributed by atoms with Crippen molar-refractivity contribution in [1.82, 2.24) is 40.6 Å². The molecule has 0 spiro atoms. The zero-order chi connectivity index (χ0) is 44.5. The lowest BCUT2D eigenvalue weighted by Gasteiger charge is -2.36. The maximum atomic E-state index is 13.0. The highest BCUT2D eigenvalue weighted by Gasteiger charge is 2.28. The quantitative estimate of drug-likeness (QED) is 0.124. The lowest BCUT2D eigenvalue weighted by Crippen LogP contribution is -2.49. The van der Waals surface area contributed by atoms with Crippen molar-refractivity contribution in [3.63, 3.8) is 0 Å². The van der Waals surface area contributed by atoms with E-state index in [1.165, 1.54) is 11.4 Å². The monoisotopic (exact) mass is 863 g/mol. The Morgan fingerprint density at radius 3 is 2.25 bits per heavy atom. The second kappa shape index (κ2) is 17.9. The highest BCUT2D eigenvalue weighted by Crippen LogP contribution is 2.33. The Balaban J connectivity index is 0.780. The van der Waals surface area contributed by atoms with E-state index in [4.69, 9.17) is 9.51 Å². The number of rotatable bonds is 10. The van der Waals surface area contributed by atoms with Gasteiger partial charge in [0.2, 0.25) is 5.91 Å². The number of piperidine rings is 1. The first kappa shape index (κ1) is 42.7. The van der Waals surface area contributed by atoms with Gasteiger partial charge in [-0.1, -0.05) is 50.2 Å². The number of nitrogens with one attached hydrogen (secondary N) is 3. The lowest BCUT2D eigenvalue weighted by atomic mass is 9.95. The van der Waals surface area contributed by atoms with E-state index in [1.54, 1.807) is 11.2 Å². The minimum atomic E-state index is -0.406. The van der Waals surface area contributed by atoms with Crippen molar-refractivity contribution in [3.05, 3.63) is 102 Å². The van der Waals surface area contributed by atoms with Crippen LogP contribution in [0, 0.1) is 12.8 Å². The number of benzene rings is 3. The van der Waals surface area contributed by atoms with E-state index >= 15 is 0 Å². The molecule has 0 saturated carbocycles. The molecule has 6 aromatic rings. The predicted octanol–water partition coefficient (Wildman–Crippen LogP) is 7.65. The summed E-state index contributed by atoms with van der Waals surface area (Å²) in [5.41, 5.74) is 9.58. The van der Waals surface area contributed by atoms with Gasteiger partial charge in [-0.05, 0) is 111 Å². The summed E-state index contributed by atoms with van der Waals surface area (Å²) in [6.45, 7) is 17.7. The smallest absolute Gasteiger partial charge is 0.328 e. The molecule has 3 aliphatic rings. The summed E-state index contributed by atoms with van der Waals surface area (Å²) in [5.74, 6) is 0.498. The van der Waals surface area contributed by atoms with E-state index in [0.717, 1.165) is 115 Å². The number of amides is 4. The number of urea groups is 1. The minimum absolute atomic E-state index is 0.0450. The molecule has 1 unspecified atom stereocenters. The molecule has 0 bridgehead atoms. The zero-order valence-corrected chi connectivity index (χ0v) is 37.4. The number of hydrogen-bond donors (Lipinski definition) is 3.